The van der Waals surface area contributed by atoms with E-state index in [-0.39, 0.29) is 5.82 Å². The van der Waals surface area contributed by atoms with Gasteiger partial charge in [0.1, 0.15) is 5.82 Å². The molecule has 1 aliphatic rings. The fourth-order valence-electron chi connectivity index (χ4n) is 2.84. The van der Waals surface area contributed by atoms with E-state index in [4.69, 9.17) is 0 Å². The van der Waals surface area contributed by atoms with Crippen molar-refractivity contribution in [2.24, 2.45) is 0 Å². The molecular weight excluding hydrogens is 319 g/mol. The zero-order valence-electron chi connectivity index (χ0n) is 12.3. The summed E-state index contributed by atoms with van der Waals surface area (Å²) in [4.78, 5) is 2.51. The van der Waals surface area contributed by atoms with Crippen molar-refractivity contribution in [3.05, 3.63) is 34.1 Å². The number of benzene rings is 1. The lowest BCUT2D eigenvalue weighted by Crippen LogP contribution is -2.39. The highest BCUT2D eigenvalue weighted by Gasteiger charge is 2.22. The summed E-state index contributed by atoms with van der Waals surface area (Å²) in [6.07, 6.45) is 3.60. The Morgan fingerprint density at radius 1 is 1.45 bits per heavy atom. The first-order valence-electron chi connectivity index (χ1n) is 7.51. The molecule has 20 heavy (non-hydrogen) atoms. The first-order chi connectivity index (χ1) is 9.60. The van der Waals surface area contributed by atoms with Crippen molar-refractivity contribution >= 4 is 15.9 Å². The number of hydrogen-bond acceptors (Lipinski definition) is 2. The van der Waals surface area contributed by atoms with Crippen molar-refractivity contribution in [3.8, 4) is 0 Å². The maximum atomic E-state index is 13.3. The van der Waals surface area contributed by atoms with Crippen LogP contribution in [0.4, 0.5) is 4.39 Å². The standard InChI is InChI=1S/C16H24BrFN2/c1-3-4-14-11-20(12(2)7-8-19-14)10-13-5-6-16(18)15(17)9-13/h5-6,9,12,14,19H,3-4,7-8,10-11H2,1-2H3. The van der Waals surface area contributed by atoms with Gasteiger partial charge in [0.25, 0.3) is 0 Å². The van der Waals surface area contributed by atoms with Gasteiger partial charge in [0, 0.05) is 25.2 Å². The maximum Gasteiger partial charge on any atom is 0.137 e. The number of halogens is 2. The van der Waals surface area contributed by atoms with Crippen molar-refractivity contribution < 1.29 is 4.39 Å². The average molecular weight is 343 g/mol. The minimum Gasteiger partial charge on any atom is -0.313 e. The van der Waals surface area contributed by atoms with Crippen LogP contribution < -0.4 is 5.32 Å². The second-order valence-corrected chi connectivity index (χ2v) is 6.61. The van der Waals surface area contributed by atoms with Gasteiger partial charge in [-0.2, -0.15) is 0 Å². The lowest BCUT2D eigenvalue weighted by Gasteiger charge is -2.29. The molecule has 112 valence electrons. The van der Waals surface area contributed by atoms with Crippen LogP contribution in [0.15, 0.2) is 22.7 Å². The Labute approximate surface area is 129 Å². The van der Waals surface area contributed by atoms with Gasteiger partial charge in [-0.25, -0.2) is 4.39 Å². The summed E-state index contributed by atoms with van der Waals surface area (Å²) in [5.41, 5.74) is 1.17. The van der Waals surface area contributed by atoms with E-state index in [2.05, 4.69) is 40.0 Å². The molecule has 1 aromatic rings. The Morgan fingerprint density at radius 2 is 2.25 bits per heavy atom. The highest BCUT2D eigenvalue weighted by molar-refractivity contribution is 9.10. The third kappa shape index (κ3) is 4.27. The van der Waals surface area contributed by atoms with Gasteiger partial charge in [-0.1, -0.05) is 19.4 Å². The van der Waals surface area contributed by atoms with Gasteiger partial charge in [-0.05, 0) is 59.9 Å². The van der Waals surface area contributed by atoms with Crippen molar-refractivity contribution in [2.75, 3.05) is 13.1 Å². The topological polar surface area (TPSA) is 15.3 Å². The predicted molar refractivity (Wildman–Crippen MR) is 85.3 cm³/mol. The van der Waals surface area contributed by atoms with E-state index in [0.29, 0.717) is 16.6 Å². The van der Waals surface area contributed by atoms with Crippen LogP contribution in [0.5, 0.6) is 0 Å². The Morgan fingerprint density at radius 3 is 2.95 bits per heavy atom. The fraction of sp³-hybridized carbons (Fsp3) is 0.625. The number of nitrogens with zero attached hydrogens (tertiary/aromatic N) is 1. The van der Waals surface area contributed by atoms with Crippen molar-refractivity contribution in [3.63, 3.8) is 0 Å². The maximum absolute atomic E-state index is 13.3. The summed E-state index contributed by atoms with van der Waals surface area (Å²) < 4.78 is 13.9. The Bertz CT molecular complexity index is 438. The van der Waals surface area contributed by atoms with Crippen LogP contribution in [0, 0.1) is 5.82 Å². The monoisotopic (exact) mass is 342 g/mol. The molecule has 2 atom stereocenters. The smallest absolute Gasteiger partial charge is 0.137 e. The van der Waals surface area contributed by atoms with Gasteiger partial charge in [0.15, 0.2) is 0 Å². The van der Waals surface area contributed by atoms with Gasteiger partial charge < -0.3 is 5.32 Å². The molecule has 0 amide bonds. The van der Waals surface area contributed by atoms with Crippen LogP contribution in [0.2, 0.25) is 0 Å². The lowest BCUT2D eigenvalue weighted by molar-refractivity contribution is 0.193. The molecular formula is C16H24BrFN2. The molecule has 1 N–H and O–H groups in total. The van der Waals surface area contributed by atoms with Gasteiger partial charge in [-0.3, -0.25) is 4.90 Å². The molecule has 0 aliphatic carbocycles. The zero-order valence-corrected chi connectivity index (χ0v) is 13.9. The van der Waals surface area contributed by atoms with Crippen molar-refractivity contribution in [1.82, 2.24) is 10.2 Å². The molecule has 1 heterocycles. The molecule has 0 spiro atoms. The van der Waals surface area contributed by atoms with E-state index in [9.17, 15) is 4.39 Å². The first kappa shape index (κ1) is 15.9. The van der Waals surface area contributed by atoms with E-state index in [1.165, 1.54) is 24.8 Å². The number of hydrogen-bond donors (Lipinski definition) is 1. The van der Waals surface area contributed by atoms with Crippen LogP contribution in [-0.2, 0) is 6.54 Å². The Balaban J connectivity index is 2.05. The summed E-state index contributed by atoms with van der Waals surface area (Å²) in [5.74, 6) is -0.191. The van der Waals surface area contributed by atoms with Crippen LogP contribution in [0.25, 0.3) is 0 Å². The Kier molecular flexibility index (Phi) is 6.00. The molecule has 2 nitrogen and oxygen atoms in total. The highest BCUT2D eigenvalue weighted by atomic mass is 79.9. The number of rotatable bonds is 4. The van der Waals surface area contributed by atoms with Gasteiger partial charge in [0.05, 0.1) is 4.47 Å². The minimum atomic E-state index is -0.191. The SMILES string of the molecule is CCCC1CN(Cc2ccc(F)c(Br)c2)C(C)CCN1. The van der Waals surface area contributed by atoms with Crippen molar-refractivity contribution in [2.45, 2.75) is 51.7 Å². The molecule has 1 saturated heterocycles. The molecule has 0 saturated carbocycles. The molecule has 2 unspecified atom stereocenters. The quantitative estimate of drug-likeness (QED) is 0.891. The van der Waals surface area contributed by atoms with E-state index in [1.807, 2.05) is 12.1 Å². The predicted octanol–water partition coefficient (Wildman–Crippen LogP) is 3.94. The molecule has 2 rings (SSSR count). The molecule has 1 fully saturated rings. The fourth-order valence-corrected chi connectivity index (χ4v) is 3.27. The normalized spacial score (nSPS) is 24.6. The molecule has 0 radical (unpaired) electrons. The Hall–Kier alpha value is -0.450. The minimum absolute atomic E-state index is 0.191. The van der Waals surface area contributed by atoms with Gasteiger partial charge >= 0.3 is 0 Å². The van der Waals surface area contributed by atoms with Gasteiger partial charge in [-0.15, -0.1) is 0 Å². The van der Waals surface area contributed by atoms with E-state index in [1.54, 1.807) is 6.07 Å². The molecule has 0 bridgehead atoms. The van der Waals surface area contributed by atoms with E-state index < -0.39 is 0 Å². The first-order valence-corrected chi connectivity index (χ1v) is 8.30. The van der Waals surface area contributed by atoms with Crippen LogP contribution in [0.1, 0.15) is 38.7 Å². The largest absolute Gasteiger partial charge is 0.313 e. The number of nitrogens with one attached hydrogen (secondary N) is 1. The third-order valence-electron chi connectivity index (χ3n) is 4.08. The highest BCUT2D eigenvalue weighted by Crippen LogP contribution is 2.20. The molecule has 0 aromatic heterocycles. The lowest BCUT2D eigenvalue weighted by atomic mass is 10.1. The molecule has 1 aliphatic heterocycles. The van der Waals surface area contributed by atoms with Gasteiger partial charge in [0.2, 0.25) is 0 Å². The second kappa shape index (κ2) is 7.53. The van der Waals surface area contributed by atoms with E-state index in [0.717, 1.165) is 19.6 Å². The molecule has 1 aromatic carbocycles. The summed E-state index contributed by atoms with van der Waals surface area (Å²) in [6.45, 7) is 7.58. The van der Waals surface area contributed by atoms with Crippen LogP contribution >= 0.6 is 15.9 Å². The van der Waals surface area contributed by atoms with Crippen molar-refractivity contribution in [1.29, 1.82) is 0 Å². The van der Waals surface area contributed by atoms with E-state index >= 15 is 0 Å². The van der Waals surface area contributed by atoms with Crippen LogP contribution in [-0.4, -0.2) is 30.1 Å². The summed E-state index contributed by atoms with van der Waals surface area (Å²) in [7, 11) is 0. The third-order valence-corrected chi connectivity index (χ3v) is 4.69. The zero-order chi connectivity index (χ0) is 14.5. The summed E-state index contributed by atoms with van der Waals surface area (Å²) in [5, 5.41) is 3.64. The average Bonchev–Trinajstić information content (AvgIpc) is 2.57. The van der Waals surface area contributed by atoms with Crippen LogP contribution in [0.3, 0.4) is 0 Å². The second-order valence-electron chi connectivity index (χ2n) is 5.76. The summed E-state index contributed by atoms with van der Waals surface area (Å²) in [6, 6.07) is 6.47. The molecule has 4 heteroatoms. The summed E-state index contributed by atoms with van der Waals surface area (Å²) >= 11 is 3.27.